The molecule has 0 bridgehead atoms. The van der Waals surface area contributed by atoms with Gasteiger partial charge in [0, 0.05) is 32.8 Å². The fraction of sp³-hybridized carbons (Fsp3) is 0.227. The van der Waals surface area contributed by atoms with Crippen molar-refractivity contribution in [1.29, 1.82) is 10.7 Å². The molecule has 2 aromatic carbocycles. The van der Waals surface area contributed by atoms with Crippen LogP contribution in [0.2, 0.25) is 10.0 Å². The van der Waals surface area contributed by atoms with E-state index in [1.165, 1.54) is 7.11 Å². The number of ether oxygens (including phenoxy) is 3. The maximum Gasteiger partial charge on any atom is 0.243 e. The quantitative estimate of drug-likeness (QED) is 0.416. The molecule has 2 N–H and O–H groups in total. The highest BCUT2D eigenvalue weighted by Gasteiger charge is 2.40. The zero-order valence-electron chi connectivity index (χ0n) is 17.0. The molecular formula is C22H17BrCl2N4O3. The minimum absolute atomic E-state index is 0.149. The van der Waals surface area contributed by atoms with E-state index in [1.807, 2.05) is 13.0 Å². The van der Waals surface area contributed by atoms with Gasteiger partial charge in [-0.2, -0.15) is 5.26 Å². The lowest BCUT2D eigenvalue weighted by Gasteiger charge is -2.28. The second-order valence-corrected chi connectivity index (χ2v) is 8.87. The lowest BCUT2D eigenvalue weighted by Crippen LogP contribution is -2.31. The highest BCUT2D eigenvalue weighted by molar-refractivity contribution is 9.10. The van der Waals surface area contributed by atoms with Crippen LogP contribution in [0.4, 0.5) is 0 Å². The number of hydrogen-bond acceptors (Lipinski definition) is 6. The topological polar surface area (TPSA) is 104 Å². The van der Waals surface area contributed by atoms with Crippen LogP contribution in [0, 0.1) is 29.6 Å². The van der Waals surface area contributed by atoms with Gasteiger partial charge in [0.05, 0.1) is 17.7 Å². The summed E-state index contributed by atoms with van der Waals surface area (Å²) in [6.45, 7) is 2.06. The fourth-order valence-electron chi connectivity index (χ4n) is 3.69. The summed E-state index contributed by atoms with van der Waals surface area (Å²) in [6.07, 6.45) is 0. The van der Waals surface area contributed by atoms with Crippen molar-refractivity contribution in [2.75, 3.05) is 7.11 Å². The molecule has 0 spiro atoms. The van der Waals surface area contributed by atoms with Crippen LogP contribution in [0.1, 0.15) is 28.3 Å². The molecule has 1 aromatic heterocycles. The third kappa shape index (κ3) is 4.04. The Bertz CT molecular complexity index is 1250. The monoisotopic (exact) mass is 534 g/mol. The maximum atomic E-state index is 9.76. The smallest absolute Gasteiger partial charge is 0.243 e. The Morgan fingerprint density at radius 1 is 1.31 bits per heavy atom. The van der Waals surface area contributed by atoms with Gasteiger partial charge >= 0.3 is 0 Å². The number of methoxy groups -OCH3 is 1. The molecule has 0 saturated carbocycles. The summed E-state index contributed by atoms with van der Waals surface area (Å²) < 4.78 is 17.7. The van der Waals surface area contributed by atoms with Crippen molar-refractivity contribution in [3.8, 4) is 23.4 Å². The number of aromatic amines is 1. The van der Waals surface area contributed by atoms with Gasteiger partial charge in [0.15, 0.2) is 11.5 Å². The number of hydrogen-bond donors (Lipinski definition) is 2. The number of aryl methyl sites for hydroxylation is 1. The van der Waals surface area contributed by atoms with Crippen molar-refractivity contribution in [2.24, 2.45) is 5.92 Å². The SMILES string of the molecule is COc1cc(C2c3c(n[nH]c3C)OC(=N)C2C#N)cc(Br)c1OCc1ccc(Cl)cc1Cl. The molecule has 0 saturated heterocycles. The number of nitrogens with one attached hydrogen (secondary N) is 2. The average molecular weight is 536 g/mol. The van der Waals surface area contributed by atoms with E-state index in [0.717, 1.165) is 22.4 Å². The van der Waals surface area contributed by atoms with Gasteiger partial charge in [0.1, 0.15) is 12.5 Å². The van der Waals surface area contributed by atoms with Crippen molar-refractivity contribution in [1.82, 2.24) is 10.2 Å². The van der Waals surface area contributed by atoms with Gasteiger partial charge in [-0.1, -0.05) is 29.3 Å². The molecule has 2 atom stereocenters. The number of nitrogens with zero attached hydrogens (tertiary/aromatic N) is 2. The zero-order chi connectivity index (χ0) is 23.0. The Kier molecular flexibility index (Phi) is 6.33. The van der Waals surface area contributed by atoms with Gasteiger partial charge in [-0.15, -0.1) is 5.10 Å². The third-order valence-corrected chi connectivity index (χ3v) is 6.41. The highest BCUT2D eigenvalue weighted by Crippen LogP contribution is 2.46. The summed E-state index contributed by atoms with van der Waals surface area (Å²) in [6, 6.07) is 11.0. The van der Waals surface area contributed by atoms with Crippen LogP contribution in [0.15, 0.2) is 34.8 Å². The summed E-state index contributed by atoms with van der Waals surface area (Å²) in [5.41, 5.74) is 3.04. The van der Waals surface area contributed by atoms with Gasteiger partial charge in [-0.3, -0.25) is 10.5 Å². The Balaban J connectivity index is 1.72. The number of nitriles is 1. The van der Waals surface area contributed by atoms with Crippen LogP contribution in [0.5, 0.6) is 17.4 Å². The molecule has 4 rings (SSSR count). The number of halogens is 3. The number of aromatic nitrogens is 2. The molecule has 0 fully saturated rings. The lowest BCUT2D eigenvalue weighted by molar-refractivity contribution is 0.282. The molecule has 32 heavy (non-hydrogen) atoms. The molecule has 0 radical (unpaired) electrons. The van der Waals surface area contributed by atoms with E-state index in [4.69, 9.17) is 42.8 Å². The van der Waals surface area contributed by atoms with Crippen molar-refractivity contribution >= 4 is 45.0 Å². The zero-order valence-corrected chi connectivity index (χ0v) is 20.1. The number of rotatable bonds is 5. The first kappa shape index (κ1) is 22.5. The van der Waals surface area contributed by atoms with Gasteiger partial charge in [0.2, 0.25) is 11.8 Å². The predicted octanol–water partition coefficient (Wildman–Crippen LogP) is 6.02. The van der Waals surface area contributed by atoms with E-state index < -0.39 is 11.8 Å². The second kappa shape index (κ2) is 9.02. The number of H-pyrrole nitrogens is 1. The summed E-state index contributed by atoms with van der Waals surface area (Å²) in [4.78, 5) is 0. The molecule has 2 heterocycles. The summed E-state index contributed by atoms with van der Waals surface area (Å²) in [7, 11) is 1.54. The fourth-order valence-corrected chi connectivity index (χ4v) is 4.72. The first-order chi connectivity index (χ1) is 15.3. The predicted molar refractivity (Wildman–Crippen MR) is 124 cm³/mol. The molecule has 1 aliphatic rings. The molecule has 0 aliphatic carbocycles. The van der Waals surface area contributed by atoms with Crippen molar-refractivity contribution in [3.05, 3.63) is 67.2 Å². The average Bonchev–Trinajstić information content (AvgIpc) is 3.12. The molecule has 10 heteroatoms. The van der Waals surface area contributed by atoms with Crippen LogP contribution in [-0.4, -0.2) is 23.2 Å². The first-order valence-electron chi connectivity index (χ1n) is 9.49. The summed E-state index contributed by atoms with van der Waals surface area (Å²) in [5.74, 6) is -0.157. The van der Waals surface area contributed by atoms with E-state index in [0.29, 0.717) is 31.9 Å². The van der Waals surface area contributed by atoms with Crippen molar-refractivity contribution in [2.45, 2.75) is 19.4 Å². The Labute approximate surface area is 202 Å². The molecule has 3 aromatic rings. The van der Waals surface area contributed by atoms with E-state index in [2.05, 4.69) is 32.2 Å². The van der Waals surface area contributed by atoms with Gasteiger partial charge < -0.3 is 14.2 Å². The first-order valence-corrected chi connectivity index (χ1v) is 11.0. The summed E-state index contributed by atoms with van der Waals surface area (Å²) >= 11 is 15.8. The minimum atomic E-state index is -0.810. The molecule has 1 aliphatic heterocycles. The largest absolute Gasteiger partial charge is 0.493 e. The van der Waals surface area contributed by atoms with E-state index >= 15 is 0 Å². The lowest BCUT2D eigenvalue weighted by atomic mass is 9.79. The van der Waals surface area contributed by atoms with Gasteiger partial charge in [-0.05, 0) is 52.7 Å². The van der Waals surface area contributed by atoms with Gasteiger partial charge in [0.25, 0.3) is 0 Å². The standard InChI is InChI=1S/C22H17BrCl2N4O3/c1-10-18-19(14(8-26)21(27)32-22(18)29-28-10)12-5-15(23)20(17(6-12)30-2)31-9-11-3-4-13(24)7-16(11)25/h3-7,14,19,27H,9H2,1-2H3,(H,28,29). The van der Waals surface area contributed by atoms with Crippen LogP contribution >= 0.6 is 39.1 Å². The second-order valence-electron chi connectivity index (χ2n) is 7.18. The molecular weight excluding hydrogens is 519 g/mol. The Morgan fingerprint density at radius 3 is 2.78 bits per heavy atom. The van der Waals surface area contributed by atoms with Gasteiger partial charge in [-0.25, -0.2) is 0 Å². The third-order valence-electron chi connectivity index (χ3n) is 5.23. The number of fused-ring (bicyclic) bond motifs is 1. The van der Waals surface area contributed by atoms with Crippen molar-refractivity contribution < 1.29 is 14.2 Å². The summed E-state index contributed by atoms with van der Waals surface area (Å²) in [5, 5.41) is 26.0. The number of benzene rings is 2. The molecule has 0 amide bonds. The normalized spacial score (nSPS) is 17.3. The van der Waals surface area contributed by atoms with Crippen LogP contribution in [-0.2, 0) is 6.61 Å². The highest BCUT2D eigenvalue weighted by atomic mass is 79.9. The van der Waals surface area contributed by atoms with E-state index in [1.54, 1.807) is 24.3 Å². The van der Waals surface area contributed by atoms with E-state index in [-0.39, 0.29) is 12.5 Å². The maximum absolute atomic E-state index is 9.76. The molecule has 2 unspecified atom stereocenters. The van der Waals surface area contributed by atoms with Crippen molar-refractivity contribution in [3.63, 3.8) is 0 Å². The minimum Gasteiger partial charge on any atom is -0.493 e. The van der Waals surface area contributed by atoms with Crippen LogP contribution in [0.3, 0.4) is 0 Å². The van der Waals surface area contributed by atoms with Crippen LogP contribution < -0.4 is 14.2 Å². The molecule has 164 valence electrons. The Hall–Kier alpha value is -2.73. The van der Waals surface area contributed by atoms with Crippen LogP contribution in [0.25, 0.3) is 0 Å². The molecule has 7 nitrogen and oxygen atoms in total. The Morgan fingerprint density at radius 2 is 2.09 bits per heavy atom. The van der Waals surface area contributed by atoms with E-state index in [9.17, 15) is 5.26 Å².